The molecule has 0 radical (unpaired) electrons. The van der Waals surface area contributed by atoms with Gasteiger partial charge >= 0.3 is 0 Å². The molecule has 1 aliphatic heterocycles. The minimum atomic E-state index is -3.92. The first kappa shape index (κ1) is 18.6. The van der Waals surface area contributed by atoms with Gasteiger partial charge in [0.25, 0.3) is 5.91 Å². The summed E-state index contributed by atoms with van der Waals surface area (Å²) in [6, 6.07) is 8.32. The van der Waals surface area contributed by atoms with Crippen molar-refractivity contribution < 1.29 is 26.0 Å². The summed E-state index contributed by atoms with van der Waals surface area (Å²) in [6.07, 6.45) is 1.73. The van der Waals surface area contributed by atoms with Crippen molar-refractivity contribution >= 4 is 25.8 Å². The van der Waals surface area contributed by atoms with Gasteiger partial charge in [0.15, 0.2) is 9.84 Å². The van der Waals surface area contributed by atoms with Gasteiger partial charge in [0.1, 0.15) is 5.76 Å². The van der Waals surface area contributed by atoms with E-state index in [1.165, 1.54) is 30.5 Å². The van der Waals surface area contributed by atoms with Crippen molar-refractivity contribution in [3.05, 3.63) is 54.0 Å². The van der Waals surface area contributed by atoms with E-state index in [0.717, 1.165) is 0 Å². The molecule has 1 atom stereocenters. The summed E-state index contributed by atoms with van der Waals surface area (Å²) in [5.41, 5.74) is 0.179. The number of carbonyl (C=O) groups excluding carboxylic acids is 1. The SMILES string of the molecule is O=C(NCc1ccco1)c1cccc(S(=O)(=O)NC2CCS(=O)(=O)C2)c1. The minimum Gasteiger partial charge on any atom is -0.467 e. The number of rotatable bonds is 6. The number of amides is 1. The van der Waals surface area contributed by atoms with Crippen molar-refractivity contribution in [2.45, 2.75) is 23.9 Å². The first-order valence-electron chi connectivity index (χ1n) is 7.89. The Labute approximate surface area is 151 Å². The normalized spacial score (nSPS) is 19.3. The fraction of sp³-hybridized carbons (Fsp3) is 0.312. The fourth-order valence-corrected chi connectivity index (χ4v) is 5.76. The van der Waals surface area contributed by atoms with E-state index in [0.29, 0.717) is 5.76 Å². The molecule has 1 fully saturated rings. The van der Waals surface area contributed by atoms with Crippen LogP contribution < -0.4 is 10.0 Å². The molecular weight excluding hydrogens is 380 g/mol. The summed E-state index contributed by atoms with van der Waals surface area (Å²) < 4.78 is 55.4. The number of sulfone groups is 1. The zero-order valence-corrected chi connectivity index (χ0v) is 15.3. The Morgan fingerprint density at radius 3 is 2.69 bits per heavy atom. The highest BCUT2D eigenvalue weighted by molar-refractivity contribution is 7.92. The van der Waals surface area contributed by atoms with Crippen LogP contribution in [0.1, 0.15) is 22.5 Å². The van der Waals surface area contributed by atoms with Crippen LogP contribution in [0.3, 0.4) is 0 Å². The maximum atomic E-state index is 12.5. The summed E-state index contributed by atoms with van der Waals surface area (Å²) in [4.78, 5) is 12.1. The first-order valence-corrected chi connectivity index (χ1v) is 11.2. The van der Waals surface area contributed by atoms with Crippen molar-refractivity contribution in [2.24, 2.45) is 0 Å². The van der Waals surface area contributed by atoms with Crippen LogP contribution in [0.4, 0.5) is 0 Å². The third-order valence-electron chi connectivity index (χ3n) is 3.96. The van der Waals surface area contributed by atoms with Gasteiger partial charge in [0, 0.05) is 11.6 Å². The molecule has 0 bridgehead atoms. The quantitative estimate of drug-likeness (QED) is 0.738. The lowest BCUT2D eigenvalue weighted by Gasteiger charge is -2.12. The molecule has 0 spiro atoms. The summed E-state index contributed by atoms with van der Waals surface area (Å²) in [5.74, 6) is -0.113. The minimum absolute atomic E-state index is 0.0323. The van der Waals surface area contributed by atoms with Crippen LogP contribution in [0.25, 0.3) is 0 Å². The van der Waals surface area contributed by atoms with Gasteiger partial charge in [-0.3, -0.25) is 4.79 Å². The monoisotopic (exact) mass is 398 g/mol. The Kier molecular flexibility index (Phi) is 5.17. The highest BCUT2D eigenvalue weighted by Crippen LogP contribution is 2.17. The van der Waals surface area contributed by atoms with Gasteiger partial charge in [-0.2, -0.15) is 0 Å². The fourth-order valence-electron chi connectivity index (χ4n) is 2.66. The zero-order chi connectivity index (χ0) is 18.8. The van der Waals surface area contributed by atoms with E-state index in [2.05, 4.69) is 10.0 Å². The molecule has 0 saturated carbocycles. The Balaban J connectivity index is 1.70. The van der Waals surface area contributed by atoms with Gasteiger partial charge in [-0.05, 0) is 36.8 Å². The smallest absolute Gasteiger partial charge is 0.251 e. The van der Waals surface area contributed by atoms with Gasteiger partial charge in [-0.1, -0.05) is 6.07 Å². The summed E-state index contributed by atoms with van der Waals surface area (Å²) >= 11 is 0. The van der Waals surface area contributed by atoms with Crippen molar-refractivity contribution in [3.63, 3.8) is 0 Å². The van der Waals surface area contributed by atoms with Gasteiger partial charge in [0.2, 0.25) is 10.0 Å². The zero-order valence-electron chi connectivity index (χ0n) is 13.7. The van der Waals surface area contributed by atoms with Gasteiger partial charge < -0.3 is 9.73 Å². The third-order valence-corrected chi connectivity index (χ3v) is 7.25. The van der Waals surface area contributed by atoms with E-state index in [-0.39, 0.29) is 34.9 Å². The van der Waals surface area contributed by atoms with Crippen LogP contribution in [0.15, 0.2) is 52.0 Å². The lowest BCUT2D eigenvalue weighted by atomic mass is 10.2. The molecule has 1 aromatic carbocycles. The molecule has 1 aromatic heterocycles. The number of hydrogen-bond acceptors (Lipinski definition) is 6. The molecule has 26 heavy (non-hydrogen) atoms. The summed E-state index contributed by atoms with van der Waals surface area (Å²) in [7, 11) is -7.12. The van der Waals surface area contributed by atoms with E-state index in [4.69, 9.17) is 4.42 Å². The number of hydrogen-bond donors (Lipinski definition) is 2. The molecule has 1 amide bonds. The molecule has 140 valence electrons. The lowest BCUT2D eigenvalue weighted by molar-refractivity contribution is 0.0948. The highest BCUT2D eigenvalue weighted by atomic mass is 32.2. The number of carbonyl (C=O) groups is 1. The van der Waals surface area contributed by atoms with Gasteiger partial charge in [-0.15, -0.1) is 0 Å². The number of nitrogens with one attached hydrogen (secondary N) is 2. The second-order valence-corrected chi connectivity index (χ2v) is 9.95. The Bertz CT molecular complexity index is 997. The number of furan rings is 1. The molecule has 1 saturated heterocycles. The van der Waals surface area contributed by atoms with E-state index >= 15 is 0 Å². The van der Waals surface area contributed by atoms with Gasteiger partial charge in [-0.25, -0.2) is 21.6 Å². The Hall–Kier alpha value is -2.17. The maximum absolute atomic E-state index is 12.5. The average molecular weight is 398 g/mol. The van der Waals surface area contributed by atoms with Crippen LogP contribution in [-0.2, 0) is 26.4 Å². The first-order chi connectivity index (χ1) is 12.3. The lowest BCUT2D eigenvalue weighted by Crippen LogP contribution is -2.35. The maximum Gasteiger partial charge on any atom is 0.251 e. The van der Waals surface area contributed by atoms with Crippen LogP contribution in [0.2, 0.25) is 0 Å². The standard InChI is InChI=1S/C16H18N2O6S2/c19-16(17-10-14-4-2-7-24-14)12-3-1-5-15(9-12)26(22,23)18-13-6-8-25(20,21)11-13/h1-5,7,9,13,18H,6,8,10-11H2,(H,17,19). The second-order valence-electron chi connectivity index (χ2n) is 6.01. The van der Waals surface area contributed by atoms with Crippen LogP contribution in [0.5, 0.6) is 0 Å². The van der Waals surface area contributed by atoms with Crippen molar-refractivity contribution in [3.8, 4) is 0 Å². The predicted octanol–water partition coefficient (Wildman–Crippen LogP) is 0.675. The Morgan fingerprint density at radius 1 is 1.23 bits per heavy atom. The van der Waals surface area contributed by atoms with E-state index in [9.17, 15) is 21.6 Å². The third kappa shape index (κ3) is 4.51. The van der Waals surface area contributed by atoms with Crippen molar-refractivity contribution in [1.29, 1.82) is 0 Å². The topological polar surface area (TPSA) is 123 Å². The highest BCUT2D eigenvalue weighted by Gasteiger charge is 2.31. The molecule has 2 aromatic rings. The predicted molar refractivity (Wildman–Crippen MR) is 93.7 cm³/mol. The molecular formula is C16H18N2O6S2. The molecule has 8 nitrogen and oxygen atoms in total. The molecule has 1 unspecified atom stereocenters. The van der Waals surface area contributed by atoms with Crippen LogP contribution >= 0.6 is 0 Å². The van der Waals surface area contributed by atoms with Crippen molar-refractivity contribution in [1.82, 2.24) is 10.0 Å². The second kappa shape index (κ2) is 7.22. The van der Waals surface area contributed by atoms with Crippen LogP contribution in [0, 0.1) is 0 Å². The molecule has 1 aliphatic rings. The number of sulfonamides is 1. The molecule has 2 N–H and O–H groups in total. The molecule has 10 heteroatoms. The number of benzene rings is 1. The molecule has 3 rings (SSSR count). The largest absolute Gasteiger partial charge is 0.467 e. The molecule has 0 aliphatic carbocycles. The summed E-state index contributed by atoms with van der Waals surface area (Å²) in [5, 5.41) is 2.64. The van der Waals surface area contributed by atoms with E-state index < -0.39 is 31.8 Å². The Morgan fingerprint density at radius 2 is 2.04 bits per heavy atom. The average Bonchev–Trinajstić information content (AvgIpc) is 3.22. The van der Waals surface area contributed by atoms with Gasteiger partial charge in [0.05, 0.1) is 29.2 Å². The summed E-state index contributed by atoms with van der Waals surface area (Å²) in [6.45, 7) is 0.182. The molecule has 2 heterocycles. The van der Waals surface area contributed by atoms with Crippen molar-refractivity contribution in [2.75, 3.05) is 11.5 Å². The van der Waals surface area contributed by atoms with Crippen LogP contribution in [-0.4, -0.2) is 40.3 Å². The van der Waals surface area contributed by atoms with E-state index in [1.807, 2.05) is 0 Å². The van der Waals surface area contributed by atoms with E-state index in [1.54, 1.807) is 12.1 Å².